The second-order valence-corrected chi connectivity index (χ2v) is 5.51. The SMILES string of the molecule is COc1cc2ncnc(C(C)(C)C)c2c(OC)c1OC. The molecule has 0 amide bonds. The van der Waals surface area contributed by atoms with Crippen LogP contribution in [0.1, 0.15) is 26.5 Å². The van der Waals surface area contributed by atoms with Crippen molar-refractivity contribution in [1.29, 1.82) is 0 Å². The van der Waals surface area contributed by atoms with Crippen LogP contribution in [-0.4, -0.2) is 31.3 Å². The first-order chi connectivity index (χ1) is 9.43. The molecular weight excluding hydrogens is 256 g/mol. The van der Waals surface area contributed by atoms with E-state index in [0.29, 0.717) is 17.2 Å². The molecule has 0 saturated carbocycles. The number of nitrogens with zero attached hydrogens (tertiary/aromatic N) is 2. The minimum atomic E-state index is -0.131. The molecule has 20 heavy (non-hydrogen) atoms. The van der Waals surface area contributed by atoms with E-state index in [1.165, 1.54) is 0 Å². The van der Waals surface area contributed by atoms with Crippen molar-refractivity contribution in [2.24, 2.45) is 0 Å². The maximum absolute atomic E-state index is 5.54. The van der Waals surface area contributed by atoms with E-state index >= 15 is 0 Å². The van der Waals surface area contributed by atoms with Gasteiger partial charge >= 0.3 is 0 Å². The number of hydrogen-bond acceptors (Lipinski definition) is 5. The fraction of sp³-hybridized carbons (Fsp3) is 0.467. The smallest absolute Gasteiger partial charge is 0.204 e. The number of aromatic nitrogens is 2. The molecule has 0 radical (unpaired) electrons. The Hall–Kier alpha value is -2.04. The van der Waals surface area contributed by atoms with Crippen molar-refractivity contribution in [2.75, 3.05) is 21.3 Å². The molecule has 0 unspecified atom stereocenters. The minimum absolute atomic E-state index is 0.131. The Morgan fingerprint density at radius 1 is 0.900 bits per heavy atom. The molecule has 0 bridgehead atoms. The topological polar surface area (TPSA) is 53.5 Å². The molecule has 2 aromatic rings. The Morgan fingerprint density at radius 3 is 2.05 bits per heavy atom. The van der Waals surface area contributed by atoms with Gasteiger partial charge in [-0.1, -0.05) is 20.8 Å². The van der Waals surface area contributed by atoms with Crippen LogP contribution in [0.2, 0.25) is 0 Å². The van der Waals surface area contributed by atoms with Gasteiger partial charge in [0.1, 0.15) is 6.33 Å². The second kappa shape index (κ2) is 5.15. The van der Waals surface area contributed by atoms with Crippen molar-refractivity contribution in [1.82, 2.24) is 9.97 Å². The molecule has 5 nitrogen and oxygen atoms in total. The summed E-state index contributed by atoms with van der Waals surface area (Å²) < 4.78 is 16.3. The monoisotopic (exact) mass is 276 g/mol. The molecule has 0 aliphatic heterocycles. The van der Waals surface area contributed by atoms with E-state index in [2.05, 4.69) is 30.7 Å². The van der Waals surface area contributed by atoms with Crippen molar-refractivity contribution in [3.63, 3.8) is 0 Å². The van der Waals surface area contributed by atoms with E-state index in [-0.39, 0.29) is 5.41 Å². The van der Waals surface area contributed by atoms with Crippen LogP contribution in [0.4, 0.5) is 0 Å². The quantitative estimate of drug-likeness (QED) is 0.862. The van der Waals surface area contributed by atoms with Crippen LogP contribution < -0.4 is 14.2 Å². The van der Waals surface area contributed by atoms with Gasteiger partial charge in [0, 0.05) is 11.5 Å². The van der Waals surface area contributed by atoms with Crippen LogP contribution in [0.25, 0.3) is 10.9 Å². The number of hydrogen-bond donors (Lipinski definition) is 0. The molecule has 108 valence electrons. The molecule has 1 aromatic carbocycles. The lowest BCUT2D eigenvalue weighted by Gasteiger charge is -2.22. The fourth-order valence-electron chi connectivity index (χ4n) is 2.26. The number of benzene rings is 1. The summed E-state index contributed by atoms with van der Waals surface area (Å²) in [5.41, 5.74) is 1.56. The van der Waals surface area contributed by atoms with Crippen LogP contribution in [0.15, 0.2) is 12.4 Å². The van der Waals surface area contributed by atoms with E-state index in [0.717, 1.165) is 16.6 Å². The van der Waals surface area contributed by atoms with Gasteiger partial charge in [-0.05, 0) is 0 Å². The third-order valence-electron chi connectivity index (χ3n) is 3.14. The van der Waals surface area contributed by atoms with Crippen molar-refractivity contribution >= 4 is 10.9 Å². The van der Waals surface area contributed by atoms with Gasteiger partial charge in [-0.2, -0.15) is 0 Å². The summed E-state index contributed by atoms with van der Waals surface area (Å²) in [5.74, 6) is 1.76. The highest BCUT2D eigenvalue weighted by atomic mass is 16.5. The van der Waals surface area contributed by atoms with Gasteiger partial charge in [-0.3, -0.25) is 0 Å². The summed E-state index contributed by atoms with van der Waals surface area (Å²) >= 11 is 0. The zero-order valence-corrected chi connectivity index (χ0v) is 12.8. The van der Waals surface area contributed by atoms with Crippen molar-refractivity contribution in [3.05, 3.63) is 18.1 Å². The molecule has 1 aromatic heterocycles. The highest BCUT2D eigenvalue weighted by molar-refractivity contribution is 5.92. The molecule has 0 saturated heterocycles. The van der Waals surface area contributed by atoms with Crippen molar-refractivity contribution in [2.45, 2.75) is 26.2 Å². The van der Waals surface area contributed by atoms with Crippen LogP contribution in [-0.2, 0) is 5.41 Å². The Labute approximate surface area is 118 Å². The molecule has 0 aliphatic carbocycles. The molecule has 0 N–H and O–H groups in total. The van der Waals surface area contributed by atoms with E-state index in [1.54, 1.807) is 27.7 Å². The van der Waals surface area contributed by atoms with Gasteiger partial charge < -0.3 is 14.2 Å². The lowest BCUT2D eigenvalue weighted by molar-refractivity contribution is 0.326. The van der Waals surface area contributed by atoms with Gasteiger partial charge in [-0.15, -0.1) is 0 Å². The predicted molar refractivity (Wildman–Crippen MR) is 77.9 cm³/mol. The summed E-state index contributed by atoms with van der Waals surface area (Å²) in [7, 11) is 4.79. The third-order valence-corrected chi connectivity index (χ3v) is 3.14. The first-order valence-corrected chi connectivity index (χ1v) is 6.38. The number of ether oxygens (including phenoxy) is 3. The lowest BCUT2D eigenvalue weighted by Crippen LogP contribution is -2.15. The number of fused-ring (bicyclic) bond motifs is 1. The largest absolute Gasteiger partial charge is 0.493 e. The van der Waals surface area contributed by atoms with Crippen LogP contribution >= 0.6 is 0 Å². The Kier molecular flexibility index (Phi) is 3.70. The van der Waals surface area contributed by atoms with Crippen molar-refractivity contribution < 1.29 is 14.2 Å². The first kappa shape index (κ1) is 14.4. The van der Waals surface area contributed by atoms with Gasteiger partial charge in [0.05, 0.1) is 37.9 Å². The third kappa shape index (κ3) is 2.24. The zero-order valence-electron chi connectivity index (χ0n) is 12.8. The van der Waals surface area contributed by atoms with Gasteiger partial charge in [-0.25, -0.2) is 9.97 Å². The summed E-state index contributed by atoms with van der Waals surface area (Å²) in [6.45, 7) is 6.31. The zero-order chi connectivity index (χ0) is 14.9. The van der Waals surface area contributed by atoms with Crippen LogP contribution in [0, 0.1) is 0 Å². The van der Waals surface area contributed by atoms with Crippen LogP contribution in [0.5, 0.6) is 17.2 Å². The maximum atomic E-state index is 5.54. The lowest BCUT2D eigenvalue weighted by atomic mass is 9.88. The van der Waals surface area contributed by atoms with Crippen molar-refractivity contribution in [3.8, 4) is 17.2 Å². The standard InChI is InChI=1S/C15H20N2O3/c1-15(2,3)14-11-9(16-8-17-14)7-10(18-4)12(19-5)13(11)20-6/h7-8H,1-6H3. The highest BCUT2D eigenvalue weighted by Gasteiger charge is 2.25. The molecule has 5 heteroatoms. The molecule has 0 spiro atoms. The molecule has 2 rings (SSSR count). The molecule has 0 aliphatic rings. The number of rotatable bonds is 3. The van der Waals surface area contributed by atoms with E-state index < -0.39 is 0 Å². The Bertz CT molecular complexity index is 633. The van der Waals surface area contributed by atoms with E-state index in [1.807, 2.05) is 6.07 Å². The molecular formula is C15H20N2O3. The molecule has 0 fully saturated rings. The average Bonchev–Trinajstić information content (AvgIpc) is 2.43. The van der Waals surface area contributed by atoms with Crippen LogP contribution in [0.3, 0.4) is 0 Å². The van der Waals surface area contributed by atoms with Gasteiger partial charge in [0.2, 0.25) is 5.75 Å². The Balaban J connectivity index is 2.94. The number of methoxy groups -OCH3 is 3. The molecule has 1 heterocycles. The predicted octanol–water partition coefficient (Wildman–Crippen LogP) is 2.95. The van der Waals surface area contributed by atoms with E-state index in [9.17, 15) is 0 Å². The van der Waals surface area contributed by atoms with Gasteiger partial charge in [0.15, 0.2) is 11.5 Å². The Morgan fingerprint density at radius 2 is 1.55 bits per heavy atom. The summed E-state index contributed by atoms with van der Waals surface area (Å²) in [6, 6.07) is 1.84. The minimum Gasteiger partial charge on any atom is -0.493 e. The van der Waals surface area contributed by atoms with Gasteiger partial charge in [0.25, 0.3) is 0 Å². The maximum Gasteiger partial charge on any atom is 0.204 e. The summed E-state index contributed by atoms with van der Waals surface area (Å²) in [4.78, 5) is 8.75. The summed E-state index contributed by atoms with van der Waals surface area (Å²) in [5, 5.41) is 0.861. The second-order valence-electron chi connectivity index (χ2n) is 5.51. The average molecular weight is 276 g/mol. The molecule has 0 atom stereocenters. The normalized spacial score (nSPS) is 11.5. The summed E-state index contributed by atoms with van der Waals surface area (Å²) in [6.07, 6.45) is 1.56. The van der Waals surface area contributed by atoms with E-state index in [4.69, 9.17) is 14.2 Å². The first-order valence-electron chi connectivity index (χ1n) is 6.38. The highest BCUT2D eigenvalue weighted by Crippen LogP contribution is 2.45. The fourth-order valence-corrected chi connectivity index (χ4v) is 2.26.